The number of piperazine rings is 1. The summed E-state index contributed by atoms with van der Waals surface area (Å²) in [6, 6.07) is 1.73. The largest absolute Gasteiger partial charge is 0.339 e. The molecule has 0 saturated carbocycles. The van der Waals surface area contributed by atoms with E-state index in [-0.39, 0.29) is 5.91 Å². The minimum atomic E-state index is -0.430. The average molecular weight is 279 g/mol. The minimum Gasteiger partial charge on any atom is -0.339 e. The summed E-state index contributed by atoms with van der Waals surface area (Å²) in [6.07, 6.45) is 2.25. The van der Waals surface area contributed by atoms with Crippen LogP contribution < -0.4 is 5.73 Å². The zero-order valence-corrected chi connectivity index (χ0v) is 11.9. The van der Waals surface area contributed by atoms with Crippen LogP contribution in [-0.4, -0.2) is 47.9 Å². The molecular formula is C14H21N3OS. The van der Waals surface area contributed by atoms with Crippen molar-refractivity contribution in [1.82, 2.24) is 9.80 Å². The third-order valence-corrected chi connectivity index (χ3v) is 4.14. The Hall–Kier alpha value is -1.17. The molecule has 1 fully saturated rings. The molecule has 1 aliphatic heterocycles. The van der Waals surface area contributed by atoms with Gasteiger partial charge in [0.1, 0.15) is 0 Å². The Labute approximate surface area is 118 Å². The van der Waals surface area contributed by atoms with Crippen LogP contribution in [0.2, 0.25) is 0 Å². The van der Waals surface area contributed by atoms with E-state index in [0.717, 1.165) is 32.7 Å². The number of nitrogens with zero attached hydrogens (tertiary/aromatic N) is 2. The number of hydrogen-bond donors (Lipinski definition) is 1. The first-order chi connectivity index (χ1) is 9.20. The van der Waals surface area contributed by atoms with E-state index in [1.807, 2.05) is 4.90 Å². The van der Waals surface area contributed by atoms with Crippen LogP contribution in [0.5, 0.6) is 0 Å². The zero-order valence-electron chi connectivity index (χ0n) is 11.1. The average Bonchev–Trinajstić information content (AvgIpc) is 2.92. The van der Waals surface area contributed by atoms with Gasteiger partial charge in [0.15, 0.2) is 0 Å². The second-order valence-corrected chi connectivity index (χ2v) is 5.64. The van der Waals surface area contributed by atoms with Crippen molar-refractivity contribution in [3.8, 4) is 0 Å². The molecular weight excluding hydrogens is 258 g/mol. The lowest BCUT2D eigenvalue weighted by Crippen LogP contribution is -2.52. The van der Waals surface area contributed by atoms with Crippen LogP contribution in [0.15, 0.2) is 29.5 Å². The smallest absolute Gasteiger partial charge is 0.239 e. The maximum absolute atomic E-state index is 12.0. The molecule has 1 amide bonds. The van der Waals surface area contributed by atoms with Crippen molar-refractivity contribution in [3.05, 3.63) is 35.0 Å². The molecule has 104 valence electrons. The number of carbonyl (C=O) groups excluding carboxylic acids is 1. The molecule has 1 unspecified atom stereocenters. The van der Waals surface area contributed by atoms with Crippen LogP contribution in [0.1, 0.15) is 12.0 Å². The molecule has 2 rings (SSSR count). The van der Waals surface area contributed by atoms with Crippen molar-refractivity contribution in [2.75, 3.05) is 26.2 Å². The fourth-order valence-electron chi connectivity index (χ4n) is 2.28. The standard InChI is InChI=1S/C14H21N3OS/c1-2-3-13(15)14(18)17-7-5-16(6-8-17)10-12-4-9-19-11-12/h2,4,9,11,13H,1,3,5-8,10,15H2. The third-order valence-electron chi connectivity index (χ3n) is 3.41. The number of nitrogens with two attached hydrogens (primary N) is 1. The van der Waals surface area contributed by atoms with Crippen LogP contribution >= 0.6 is 11.3 Å². The summed E-state index contributed by atoms with van der Waals surface area (Å²) in [4.78, 5) is 16.3. The highest BCUT2D eigenvalue weighted by atomic mass is 32.1. The monoisotopic (exact) mass is 279 g/mol. The number of amides is 1. The van der Waals surface area contributed by atoms with Gasteiger partial charge in [-0.3, -0.25) is 9.69 Å². The lowest BCUT2D eigenvalue weighted by molar-refractivity contribution is -0.134. The summed E-state index contributed by atoms with van der Waals surface area (Å²) in [6.45, 7) is 7.98. The molecule has 0 aliphatic carbocycles. The van der Waals surface area contributed by atoms with Crippen LogP contribution in [0, 0.1) is 0 Å². The first-order valence-corrected chi connectivity index (χ1v) is 7.53. The SMILES string of the molecule is C=CCC(N)C(=O)N1CCN(Cc2ccsc2)CC1. The second kappa shape index (κ2) is 6.84. The molecule has 19 heavy (non-hydrogen) atoms. The van der Waals surface area contributed by atoms with Crippen LogP contribution in [0.3, 0.4) is 0 Å². The summed E-state index contributed by atoms with van der Waals surface area (Å²) in [5, 5.41) is 4.28. The Balaban J connectivity index is 1.78. The van der Waals surface area contributed by atoms with E-state index >= 15 is 0 Å². The Morgan fingerprint density at radius 1 is 1.47 bits per heavy atom. The number of hydrogen-bond acceptors (Lipinski definition) is 4. The highest BCUT2D eigenvalue weighted by Gasteiger charge is 2.24. The predicted octanol–water partition coefficient (Wildman–Crippen LogP) is 1.30. The van der Waals surface area contributed by atoms with Crippen molar-refractivity contribution in [3.63, 3.8) is 0 Å². The van der Waals surface area contributed by atoms with Gasteiger partial charge in [-0.15, -0.1) is 6.58 Å². The van der Waals surface area contributed by atoms with Crippen LogP contribution in [0.4, 0.5) is 0 Å². The molecule has 0 aromatic carbocycles. The zero-order chi connectivity index (χ0) is 13.7. The van der Waals surface area contributed by atoms with E-state index in [1.165, 1.54) is 5.56 Å². The van der Waals surface area contributed by atoms with Gasteiger partial charge in [-0.25, -0.2) is 0 Å². The minimum absolute atomic E-state index is 0.0510. The van der Waals surface area contributed by atoms with E-state index in [9.17, 15) is 4.79 Å². The highest BCUT2D eigenvalue weighted by molar-refractivity contribution is 7.07. The van der Waals surface area contributed by atoms with Gasteiger partial charge in [0.2, 0.25) is 5.91 Å². The van der Waals surface area contributed by atoms with E-state index in [4.69, 9.17) is 5.73 Å². The van der Waals surface area contributed by atoms with Crippen LogP contribution in [-0.2, 0) is 11.3 Å². The van der Waals surface area contributed by atoms with Crippen molar-refractivity contribution in [2.24, 2.45) is 5.73 Å². The number of thiophene rings is 1. The normalized spacial score (nSPS) is 18.3. The van der Waals surface area contributed by atoms with E-state index in [0.29, 0.717) is 6.42 Å². The van der Waals surface area contributed by atoms with Gasteiger partial charge in [-0.05, 0) is 28.8 Å². The quantitative estimate of drug-likeness (QED) is 0.827. The second-order valence-electron chi connectivity index (χ2n) is 4.86. The fourth-order valence-corrected chi connectivity index (χ4v) is 2.94. The van der Waals surface area contributed by atoms with Crippen molar-refractivity contribution in [2.45, 2.75) is 19.0 Å². The highest BCUT2D eigenvalue weighted by Crippen LogP contribution is 2.12. The van der Waals surface area contributed by atoms with Crippen LogP contribution in [0.25, 0.3) is 0 Å². The maximum atomic E-state index is 12.0. The summed E-state index contributed by atoms with van der Waals surface area (Å²) in [5.74, 6) is 0.0510. The molecule has 1 aromatic heterocycles. The fraction of sp³-hybridized carbons (Fsp3) is 0.500. The Morgan fingerprint density at radius 2 is 2.21 bits per heavy atom. The Bertz CT molecular complexity index is 410. The molecule has 5 heteroatoms. The third kappa shape index (κ3) is 3.89. The van der Waals surface area contributed by atoms with Crippen molar-refractivity contribution < 1.29 is 4.79 Å². The first-order valence-electron chi connectivity index (χ1n) is 6.59. The van der Waals surface area contributed by atoms with Gasteiger partial charge in [-0.2, -0.15) is 11.3 Å². The summed E-state index contributed by atoms with van der Waals surface area (Å²) in [5.41, 5.74) is 7.18. The van der Waals surface area contributed by atoms with Gasteiger partial charge in [0, 0.05) is 32.7 Å². The van der Waals surface area contributed by atoms with Gasteiger partial charge in [0.25, 0.3) is 0 Å². The molecule has 1 aromatic rings. The Kier molecular flexibility index (Phi) is 5.13. The molecule has 0 spiro atoms. The van der Waals surface area contributed by atoms with Gasteiger partial charge in [-0.1, -0.05) is 6.08 Å². The lowest BCUT2D eigenvalue weighted by atomic mass is 10.1. The van der Waals surface area contributed by atoms with Crippen molar-refractivity contribution in [1.29, 1.82) is 0 Å². The van der Waals surface area contributed by atoms with E-state index in [2.05, 4.69) is 28.3 Å². The first kappa shape index (κ1) is 14.2. The summed E-state index contributed by atoms with van der Waals surface area (Å²) >= 11 is 1.73. The summed E-state index contributed by atoms with van der Waals surface area (Å²) < 4.78 is 0. The number of rotatable bonds is 5. The van der Waals surface area contributed by atoms with Gasteiger partial charge < -0.3 is 10.6 Å². The number of carbonyl (C=O) groups is 1. The topological polar surface area (TPSA) is 49.6 Å². The molecule has 1 saturated heterocycles. The Morgan fingerprint density at radius 3 is 2.79 bits per heavy atom. The maximum Gasteiger partial charge on any atom is 0.239 e. The molecule has 0 bridgehead atoms. The molecule has 1 atom stereocenters. The summed E-state index contributed by atoms with van der Waals surface area (Å²) in [7, 11) is 0. The predicted molar refractivity (Wildman–Crippen MR) is 79.0 cm³/mol. The molecule has 2 heterocycles. The molecule has 0 radical (unpaired) electrons. The molecule has 4 nitrogen and oxygen atoms in total. The van der Waals surface area contributed by atoms with Gasteiger partial charge >= 0.3 is 0 Å². The van der Waals surface area contributed by atoms with Crippen molar-refractivity contribution >= 4 is 17.2 Å². The molecule has 1 aliphatic rings. The lowest BCUT2D eigenvalue weighted by Gasteiger charge is -2.35. The van der Waals surface area contributed by atoms with E-state index < -0.39 is 6.04 Å². The molecule has 2 N–H and O–H groups in total. The van der Waals surface area contributed by atoms with Gasteiger partial charge in [0.05, 0.1) is 6.04 Å². The van der Waals surface area contributed by atoms with E-state index in [1.54, 1.807) is 17.4 Å².